The minimum atomic E-state index is -0.534. The molecule has 1 aliphatic heterocycles. The third-order valence-corrected chi connectivity index (χ3v) is 6.68. The number of rotatable bonds is 7. The average Bonchev–Trinajstić information content (AvgIpc) is 2.81. The fraction of sp³-hybridized carbons (Fsp3) is 0.333. The lowest BCUT2D eigenvalue weighted by Gasteiger charge is -2.37. The summed E-state index contributed by atoms with van der Waals surface area (Å²) in [7, 11) is 0. The topological polar surface area (TPSA) is 41.0 Å². The van der Waals surface area contributed by atoms with Gasteiger partial charge in [0.2, 0.25) is 0 Å². The van der Waals surface area contributed by atoms with Gasteiger partial charge in [-0.3, -0.25) is 0 Å². The minimum absolute atomic E-state index is 0.0494. The summed E-state index contributed by atoms with van der Waals surface area (Å²) in [5.41, 5.74) is 5.61. The summed E-state index contributed by atoms with van der Waals surface area (Å²) < 4.78 is 27.4. The van der Waals surface area contributed by atoms with Gasteiger partial charge < -0.3 is 10.2 Å². The Kier molecular flexibility index (Phi) is 6.72. The molecule has 1 aliphatic rings. The number of fused-ring (bicyclic) bond motifs is 1. The zero-order chi connectivity index (χ0) is 23.5. The van der Waals surface area contributed by atoms with Gasteiger partial charge in [0.25, 0.3) is 0 Å². The van der Waals surface area contributed by atoms with Crippen LogP contribution in [0.4, 0.5) is 8.78 Å². The van der Waals surface area contributed by atoms with E-state index in [1.165, 1.54) is 6.07 Å². The van der Waals surface area contributed by atoms with E-state index in [-0.39, 0.29) is 5.92 Å². The number of hydrogen-bond donors (Lipinski definition) is 1. The van der Waals surface area contributed by atoms with Crippen LogP contribution in [0.2, 0.25) is 0 Å². The summed E-state index contributed by atoms with van der Waals surface area (Å²) in [6, 6.07) is 11.7. The monoisotopic (exact) mass is 448 g/mol. The highest BCUT2D eigenvalue weighted by atomic mass is 19.1. The van der Waals surface area contributed by atoms with Gasteiger partial charge in [-0.1, -0.05) is 38.3 Å². The van der Waals surface area contributed by atoms with E-state index in [2.05, 4.69) is 28.4 Å². The number of nitrogens with one attached hydrogen (secondary N) is 1. The molecular formula is C27H30F2N4. The van der Waals surface area contributed by atoms with Gasteiger partial charge in [0.05, 0.1) is 29.0 Å². The molecule has 1 fully saturated rings. The Balaban J connectivity index is 1.31. The van der Waals surface area contributed by atoms with Gasteiger partial charge in [-0.05, 0) is 55.4 Å². The normalized spacial score (nSPS) is 15.5. The minimum Gasteiger partial charge on any atom is -0.378 e. The molecule has 0 bridgehead atoms. The first-order valence-electron chi connectivity index (χ1n) is 11.4. The van der Waals surface area contributed by atoms with E-state index in [1.54, 1.807) is 6.07 Å². The Bertz CT molecular complexity index is 1180. The molecule has 33 heavy (non-hydrogen) atoms. The number of aryl methyl sites for hydroxylation is 1. The van der Waals surface area contributed by atoms with Crippen molar-refractivity contribution in [3.8, 4) is 0 Å². The standard InChI is InChI=1S/C27H30F2N4/c1-17(16-30-19(3)27-20(4)31-25-7-5-6-8-26(25)32-27)33-13-11-21(12-14-33)18(2)23-10-9-22(28)15-24(23)29/h5-10,15,18,21,30H,1,3,11-14,16H2,2,4H3. The molecular weight excluding hydrogens is 418 g/mol. The summed E-state index contributed by atoms with van der Waals surface area (Å²) >= 11 is 0. The first-order chi connectivity index (χ1) is 15.8. The first-order valence-corrected chi connectivity index (χ1v) is 11.4. The molecule has 2 aromatic carbocycles. The predicted molar refractivity (Wildman–Crippen MR) is 130 cm³/mol. The molecule has 4 rings (SSSR count). The van der Waals surface area contributed by atoms with Crippen LogP contribution in [0.15, 0.2) is 61.3 Å². The fourth-order valence-electron chi connectivity index (χ4n) is 4.62. The molecule has 2 heterocycles. The Morgan fingerprint density at radius 3 is 2.42 bits per heavy atom. The van der Waals surface area contributed by atoms with E-state index in [1.807, 2.05) is 38.1 Å². The van der Waals surface area contributed by atoms with Gasteiger partial charge in [-0.2, -0.15) is 0 Å². The molecule has 0 saturated carbocycles. The molecule has 1 saturated heterocycles. The largest absolute Gasteiger partial charge is 0.378 e. The Labute approximate surface area is 194 Å². The lowest BCUT2D eigenvalue weighted by molar-refractivity contribution is 0.205. The highest BCUT2D eigenvalue weighted by Gasteiger charge is 2.27. The number of para-hydroxylation sites is 2. The zero-order valence-electron chi connectivity index (χ0n) is 19.2. The van der Waals surface area contributed by atoms with E-state index >= 15 is 0 Å². The van der Waals surface area contributed by atoms with Gasteiger partial charge >= 0.3 is 0 Å². The second kappa shape index (κ2) is 9.69. The molecule has 0 amide bonds. The van der Waals surface area contributed by atoms with Crippen molar-refractivity contribution in [2.75, 3.05) is 19.6 Å². The third kappa shape index (κ3) is 5.05. The molecule has 1 unspecified atom stereocenters. The number of hydrogen-bond acceptors (Lipinski definition) is 4. The second-order valence-corrected chi connectivity index (χ2v) is 8.82. The van der Waals surface area contributed by atoms with Crippen LogP contribution >= 0.6 is 0 Å². The summed E-state index contributed by atoms with van der Waals surface area (Å²) in [5, 5.41) is 3.35. The van der Waals surface area contributed by atoms with Crippen LogP contribution in [0.5, 0.6) is 0 Å². The van der Waals surface area contributed by atoms with Crippen LogP contribution in [0.1, 0.15) is 42.6 Å². The maximum atomic E-state index is 14.2. The van der Waals surface area contributed by atoms with Crippen molar-refractivity contribution in [1.82, 2.24) is 20.2 Å². The summed E-state index contributed by atoms with van der Waals surface area (Å²) in [4.78, 5) is 11.6. The van der Waals surface area contributed by atoms with Gasteiger partial charge in [0.15, 0.2) is 0 Å². The molecule has 172 valence electrons. The lowest BCUT2D eigenvalue weighted by Crippen LogP contribution is -2.37. The van der Waals surface area contributed by atoms with Gasteiger partial charge in [-0.15, -0.1) is 0 Å². The maximum Gasteiger partial charge on any atom is 0.129 e. The van der Waals surface area contributed by atoms with Gasteiger partial charge in [-0.25, -0.2) is 18.7 Å². The molecule has 4 nitrogen and oxygen atoms in total. The van der Waals surface area contributed by atoms with Gasteiger partial charge in [0, 0.05) is 24.9 Å². The highest BCUT2D eigenvalue weighted by molar-refractivity contribution is 5.77. The van der Waals surface area contributed by atoms with Crippen molar-refractivity contribution in [1.29, 1.82) is 0 Å². The molecule has 6 heteroatoms. The van der Waals surface area contributed by atoms with Crippen molar-refractivity contribution in [3.63, 3.8) is 0 Å². The van der Waals surface area contributed by atoms with Crippen molar-refractivity contribution >= 4 is 16.7 Å². The molecule has 0 radical (unpaired) electrons. The number of benzene rings is 2. The van der Waals surface area contributed by atoms with Crippen molar-refractivity contribution in [2.45, 2.75) is 32.6 Å². The lowest BCUT2D eigenvalue weighted by atomic mass is 9.81. The number of halogens is 2. The predicted octanol–water partition coefficient (Wildman–Crippen LogP) is 5.81. The third-order valence-electron chi connectivity index (χ3n) is 6.68. The van der Waals surface area contributed by atoms with E-state index in [0.717, 1.165) is 65.8 Å². The van der Waals surface area contributed by atoms with E-state index in [0.29, 0.717) is 18.0 Å². The van der Waals surface area contributed by atoms with E-state index in [9.17, 15) is 8.78 Å². The quantitative estimate of drug-likeness (QED) is 0.496. The molecule has 0 aliphatic carbocycles. The van der Waals surface area contributed by atoms with Crippen LogP contribution in [-0.2, 0) is 0 Å². The molecule has 3 aromatic rings. The number of aromatic nitrogens is 2. The number of piperidine rings is 1. The van der Waals surface area contributed by atoms with Crippen LogP contribution in [0.3, 0.4) is 0 Å². The van der Waals surface area contributed by atoms with Crippen LogP contribution in [0.25, 0.3) is 16.7 Å². The van der Waals surface area contributed by atoms with Crippen molar-refractivity contribution < 1.29 is 8.78 Å². The number of nitrogens with zero attached hydrogens (tertiary/aromatic N) is 3. The Morgan fingerprint density at radius 1 is 1.09 bits per heavy atom. The first kappa shape index (κ1) is 22.9. The highest BCUT2D eigenvalue weighted by Crippen LogP contribution is 2.34. The second-order valence-electron chi connectivity index (χ2n) is 8.82. The van der Waals surface area contributed by atoms with Crippen LogP contribution < -0.4 is 5.32 Å². The van der Waals surface area contributed by atoms with Crippen molar-refractivity contribution in [2.24, 2.45) is 5.92 Å². The van der Waals surface area contributed by atoms with Crippen LogP contribution in [-0.4, -0.2) is 34.5 Å². The maximum absolute atomic E-state index is 14.2. The summed E-state index contributed by atoms with van der Waals surface area (Å²) in [5.74, 6) is -0.585. The molecule has 0 spiro atoms. The SMILES string of the molecule is C=C(NCC(=C)N1CCC(C(C)c2ccc(F)cc2F)CC1)c1nc2ccccc2nc1C. The van der Waals surface area contributed by atoms with E-state index in [4.69, 9.17) is 4.98 Å². The number of likely N-dealkylation sites (tertiary alicyclic amines) is 1. The smallest absolute Gasteiger partial charge is 0.129 e. The van der Waals surface area contributed by atoms with E-state index < -0.39 is 11.6 Å². The summed E-state index contributed by atoms with van der Waals surface area (Å²) in [6.45, 7) is 14.7. The Hall–Kier alpha value is -3.28. The Morgan fingerprint density at radius 2 is 1.76 bits per heavy atom. The summed E-state index contributed by atoms with van der Waals surface area (Å²) in [6.07, 6.45) is 1.88. The molecule has 1 N–H and O–H groups in total. The van der Waals surface area contributed by atoms with Gasteiger partial charge in [0.1, 0.15) is 17.3 Å². The van der Waals surface area contributed by atoms with Crippen molar-refractivity contribution in [3.05, 3.63) is 89.9 Å². The fourth-order valence-corrected chi connectivity index (χ4v) is 4.62. The van der Waals surface area contributed by atoms with Crippen LogP contribution in [0, 0.1) is 24.5 Å². The molecule has 1 aromatic heterocycles. The average molecular weight is 449 g/mol. The zero-order valence-corrected chi connectivity index (χ0v) is 19.2. The molecule has 1 atom stereocenters.